The van der Waals surface area contributed by atoms with E-state index in [4.69, 9.17) is 11.6 Å². The summed E-state index contributed by atoms with van der Waals surface area (Å²) in [6.45, 7) is 3.88. The number of carbonyl (C=O) groups is 3. The quantitative estimate of drug-likeness (QED) is 0.823. The summed E-state index contributed by atoms with van der Waals surface area (Å²) in [4.78, 5) is 39.4. The van der Waals surface area contributed by atoms with Gasteiger partial charge in [0.05, 0.1) is 0 Å². The van der Waals surface area contributed by atoms with E-state index in [9.17, 15) is 14.4 Å². The van der Waals surface area contributed by atoms with Crippen LogP contribution in [0, 0.1) is 6.92 Å². The fourth-order valence-corrected chi connectivity index (χ4v) is 3.10. The van der Waals surface area contributed by atoms with Crippen LogP contribution in [0.15, 0.2) is 42.5 Å². The van der Waals surface area contributed by atoms with E-state index in [2.05, 4.69) is 5.32 Å². The van der Waals surface area contributed by atoms with E-state index >= 15 is 0 Å². The molecule has 3 rings (SSSR count). The Labute approximate surface area is 162 Å². The molecule has 0 radical (unpaired) electrons. The highest BCUT2D eigenvalue weighted by Gasteiger charge is 2.22. The average molecular weight is 386 g/mol. The van der Waals surface area contributed by atoms with Crippen molar-refractivity contribution in [3.63, 3.8) is 0 Å². The predicted molar refractivity (Wildman–Crippen MR) is 104 cm³/mol. The number of anilines is 1. The van der Waals surface area contributed by atoms with E-state index in [1.807, 2.05) is 13.0 Å². The Balaban J connectivity index is 1.73. The maximum atomic E-state index is 12.7. The minimum Gasteiger partial charge on any atom is -0.342 e. The van der Waals surface area contributed by atoms with Crippen molar-refractivity contribution in [1.82, 2.24) is 9.80 Å². The van der Waals surface area contributed by atoms with Gasteiger partial charge in [0.15, 0.2) is 0 Å². The third-order valence-electron chi connectivity index (χ3n) is 4.57. The van der Waals surface area contributed by atoms with Gasteiger partial charge in [-0.1, -0.05) is 23.7 Å². The molecule has 1 N–H and O–H groups in total. The highest BCUT2D eigenvalue weighted by Crippen LogP contribution is 2.21. The molecule has 1 saturated heterocycles. The van der Waals surface area contributed by atoms with E-state index in [1.54, 1.807) is 46.2 Å². The molecule has 27 heavy (non-hydrogen) atoms. The molecule has 0 spiro atoms. The van der Waals surface area contributed by atoms with Gasteiger partial charge in [0.25, 0.3) is 11.8 Å². The number of benzene rings is 2. The molecular formula is C20H20ClN3O3. The number of nitrogens with zero attached hydrogens (tertiary/aromatic N) is 2. The van der Waals surface area contributed by atoms with Crippen LogP contribution in [-0.4, -0.2) is 54.2 Å². The lowest BCUT2D eigenvalue weighted by Gasteiger charge is -2.32. The van der Waals surface area contributed by atoms with E-state index in [0.717, 1.165) is 12.0 Å². The van der Waals surface area contributed by atoms with E-state index in [0.29, 0.717) is 48.0 Å². The van der Waals surface area contributed by atoms with Crippen molar-refractivity contribution in [3.8, 4) is 0 Å². The molecule has 0 saturated carbocycles. The van der Waals surface area contributed by atoms with Crippen LogP contribution in [0.1, 0.15) is 26.3 Å². The third-order valence-corrected chi connectivity index (χ3v) is 4.81. The summed E-state index contributed by atoms with van der Waals surface area (Å²) in [5.41, 5.74) is 2.37. The SMILES string of the molecule is Cc1ccc(Cl)cc1NC(=O)c1cccc(C(=O)N2CCN(C=O)CC2)c1. The molecule has 1 aliphatic rings. The van der Waals surface area contributed by atoms with Crippen LogP contribution in [0.2, 0.25) is 5.02 Å². The molecule has 1 heterocycles. The minimum atomic E-state index is -0.305. The first-order chi connectivity index (χ1) is 13.0. The van der Waals surface area contributed by atoms with E-state index < -0.39 is 0 Å². The smallest absolute Gasteiger partial charge is 0.255 e. The van der Waals surface area contributed by atoms with Crippen LogP contribution < -0.4 is 5.32 Å². The largest absolute Gasteiger partial charge is 0.342 e. The van der Waals surface area contributed by atoms with Crippen molar-refractivity contribution in [2.24, 2.45) is 0 Å². The number of carbonyl (C=O) groups excluding carboxylic acids is 3. The monoisotopic (exact) mass is 385 g/mol. The van der Waals surface area contributed by atoms with Crippen LogP contribution in [0.4, 0.5) is 5.69 Å². The second-order valence-corrected chi connectivity index (χ2v) is 6.86. The predicted octanol–water partition coefficient (Wildman–Crippen LogP) is 2.81. The van der Waals surface area contributed by atoms with Gasteiger partial charge in [-0.05, 0) is 42.8 Å². The Bertz CT molecular complexity index is 877. The van der Waals surface area contributed by atoms with Gasteiger partial charge in [-0.25, -0.2) is 0 Å². The van der Waals surface area contributed by atoms with Gasteiger partial charge in [-0.15, -0.1) is 0 Å². The van der Waals surface area contributed by atoms with Gasteiger partial charge in [0, 0.05) is 48.0 Å². The van der Waals surface area contributed by atoms with Gasteiger partial charge >= 0.3 is 0 Å². The van der Waals surface area contributed by atoms with E-state index in [-0.39, 0.29) is 11.8 Å². The Kier molecular flexibility index (Phi) is 5.76. The molecule has 0 aromatic heterocycles. The summed E-state index contributed by atoms with van der Waals surface area (Å²) >= 11 is 5.99. The van der Waals surface area contributed by atoms with Crippen molar-refractivity contribution in [3.05, 3.63) is 64.2 Å². The number of hydrogen-bond acceptors (Lipinski definition) is 3. The molecule has 7 heteroatoms. The molecule has 2 aromatic carbocycles. The number of aryl methyl sites for hydroxylation is 1. The van der Waals surface area contributed by atoms with Crippen LogP contribution in [0.25, 0.3) is 0 Å². The number of rotatable bonds is 4. The van der Waals surface area contributed by atoms with Gasteiger partial charge in [-0.3, -0.25) is 14.4 Å². The van der Waals surface area contributed by atoms with E-state index in [1.165, 1.54) is 0 Å². The summed E-state index contributed by atoms with van der Waals surface area (Å²) in [6.07, 6.45) is 0.796. The highest BCUT2D eigenvalue weighted by atomic mass is 35.5. The lowest BCUT2D eigenvalue weighted by molar-refractivity contribution is -0.119. The fourth-order valence-electron chi connectivity index (χ4n) is 2.93. The maximum absolute atomic E-state index is 12.7. The molecule has 3 amide bonds. The van der Waals surface area contributed by atoms with Crippen molar-refractivity contribution in [1.29, 1.82) is 0 Å². The zero-order chi connectivity index (χ0) is 19.4. The molecule has 0 aliphatic carbocycles. The molecule has 0 atom stereocenters. The second kappa shape index (κ2) is 8.22. The van der Waals surface area contributed by atoms with Crippen LogP contribution in [-0.2, 0) is 4.79 Å². The highest BCUT2D eigenvalue weighted by molar-refractivity contribution is 6.31. The molecule has 0 unspecified atom stereocenters. The van der Waals surface area contributed by atoms with Crippen LogP contribution >= 0.6 is 11.6 Å². The van der Waals surface area contributed by atoms with Gasteiger partial charge in [0.2, 0.25) is 6.41 Å². The Morgan fingerprint density at radius 3 is 2.44 bits per heavy atom. The molecule has 1 aliphatic heterocycles. The number of amides is 3. The topological polar surface area (TPSA) is 69.7 Å². The Morgan fingerprint density at radius 2 is 1.74 bits per heavy atom. The fraction of sp³-hybridized carbons (Fsp3) is 0.250. The average Bonchev–Trinajstić information content (AvgIpc) is 2.70. The summed E-state index contributed by atoms with van der Waals surface area (Å²) in [5.74, 6) is -0.449. The Morgan fingerprint density at radius 1 is 1.04 bits per heavy atom. The molecule has 140 valence electrons. The minimum absolute atomic E-state index is 0.144. The summed E-state index contributed by atoms with van der Waals surface area (Å²) in [6, 6.07) is 11.9. The van der Waals surface area contributed by atoms with Gasteiger partial charge in [0.1, 0.15) is 0 Å². The van der Waals surface area contributed by atoms with Gasteiger partial charge < -0.3 is 15.1 Å². The molecule has 1 fully saturated rings. The zero-order valence-corrected chi connectivity index (χ0v) is 15.7. The van der Waals surface area contributed by atoms with Crippen molar-refractivity contribution in [2.75, 3.05) is 31.5 Å². The summed E-state index contributed by atoms with van der Waals surface area (Å²) < 4.78 is 0. The van der Waals surface area contributed by atoms with Crippen LogP contribution in [0.5, 0.6) is 0 Å². The first kappa shape index (κ1) is 18.9. The van der Waals surface area contributed by atoms with Crippen molar-refractivity contribution < 1.29 is 14.4 Å². The van der Waals surface area contributed by atoms with Crippen LogP contribution in [0.3, 0.4) is 0 Å². The molecular weight excluding hydrogens is 366 g/mol. The first-order valence-electron chi connectivity index (χ1n) is 8.64. The zero-order valence-electron chi connectivity index (χ0n) is 14.9. The second-order valence-electron chi connectivity index (χ2n) is 6.43. The first-order valence-corrected chi connectivity index (χ1v) is 9.02. The lowest BCUT2D eigenvalue weighted by atomic mass is 10.1. The van der Waals surface area contributed by atoms with Gasteiger partial charge in [-0.2, -0.15) is 0 Å². The molecule has 0 bridgehead atoms. The third kappa shape index (κ3) is 4.46. The lowest BCUT2D eigenvalue weighted by Crippen LogP contribution is -2.48. The molecule has 6 nitrogen and oxygen atoms in total. The number of hydrogen-bond donors (Lipinski definition) is 1. The van der Waals surface area contributed by atoms with Crippen molar-refractivity contribution in [2.45, 2.75) is 6.92 Å². The standard InChI is InChI=1S/C20H20ClN3O3/c1-14-5-6-17(21)12-18(14)22-19(26)15-3-2-4-16(11-15)20(27)24-9-7-23(13-25)8-10-24/h2-6,11-13H,7-10H2,1H3,(H,22,26). The summed E-state index contributed by atoms with van der Waals surface area (Å²) in [5, 5.41) is 3.37. The number of nitrogens with one attached hydrogen (secondary N) is 1. The van der Waals surface area contributed by atoms with Crippen molar-refractivity contribution >= 4 is 35.5 Å². The normalized spacial score (nSPS) is 14.0. The Hall–Kier alpha value is -2.86. The number of halogens is 1. The summed E-state index contributed by atoms with van der Waals surface area (Å²) in [7, 11) is 0. The molecule has 2 aromatic rings. The maximum Gasteiger partial charge on any atom is 0.255 e. The number of piperazine rings is 1.